The Morgan fingerprint density at radius 1 is 0.974 bits per heavy atom. The van der Waals surface area contributed by atoms with Gasteiger partial charge in [-0.05, 0) is 61.1 Å². The Balaban J connectivity index is 1.18. The number of halogens is 2. The first kappa shape index (κ1) is 25.2. The lowest BCUT2D eigenvalue weighted by molar-refractivity contribution is 0.167. The molecule has 1 aromatic carbocycles. The quantitative estimate of drug-likeness (QED) is 0.343. The van der Waals surface area contributed by atoms with E-state index in [0.29, 0.717) is 55.7 Å². The van der Waals surface area contributed by atoms with Gasteiger partial charge in [0.25, 0.3) is 0 Å². The number of fused-ring (bicyclic) bond motifs is 2. The van der Waals surface area contributed by atoms with Gasteiger partial charge < -0.3 is 16.0 Å². The Kier molecular flexibility index (Phi) is 6.59. The highest BCUT2D eigenvalue weighted by Crippen LogP contribution is 2.42. The molecule has 11 heteroatoms. The summed E-state index contributed by atoms with van der Waals surface area (Å²) >= 11 is 0. The Hall–Kier alpha value is -4.12. The number of pyridine rings is 2. The summed E-state index contributed by atoms with van der Waals surface area (Å²) < 4.78 is 30.5. The molecule has 0 radical (unpaired) electrons. The molecule has 9 nitrogen and oxygen atoms in total. The normalized spacial score (nSPS) is 21.9. The van der Waals surface area contributed by atoms with Crippen molar-refractivity contribution in [2.24, 2.45) is 5.73 Å². The van der Waals surface area contributed by atoms with Gasteiger partial charge >= 0.3 is 11.7 Å². The number of aromatic amines is 1. The number of imidazole rings is 1. The number of urea groups is 1. The fraction of sp³-hybridized carbons (Fsp3) is 0.357. The predicted molar refractivity (Wildman–Crippen MR) is 141 cm³/mol. The molecule has 2 amide bonds. The second kappa shape index (κ2) is 10.2. The average Bonchev–Trinajstić information content (AvgIpc) is 3.23. The summed E-state index contributed by atoms with van der Waals surface area (Å²) in [5.74, 6) is -2.26. The van der Waals surface area contributed by atoms with Crippen molar-refractivity contribution in [3.63, 3.8) is 0 Å². The summed E-state index contributed by atoms with van der Waals surface area (Å²) in [7, 11) is 0. The molecule has 4 heterocycles. The van der Waals surface area contributed by atoms with Crippen LogP contribution in [0.4, 0.5) is 13.6 Å². The van der Waals surface area contributed by atoms with Crippen LogP contribution in [0.3, 0.4) is 0 Å². The number of carbonyl (C=O) groups excluding carboxylic acids is 1. The van der Waals surface area contributed by atoms with Gasteiger partial charge in [0.2, 0.25) is 0 Å². The van der Waals surface area contributed by atoms with E-state index in [2.05, 4.69) is 20.3 Å². The van der Waals surface area contributed by atoms with E-state index in [1.165, 1.54) is 6.07 Å². The molecule has 1 saturated heterocycles. The van der Waals surface area contributed by atoms with Gasteiger partial charge in [-0.3, -0.25) is 14.5 Å². The molecule has 0 saturated carbocycles. The SMILES string of the molecule is N[C@@H]1c2cccnc2[C@H](NC(=O)N2CCC(n3c(=O)[nH]c4ncccc43)CC2)CC[C@H]1c1cccc(F)c1F. The number of benzene rings is 1. The highest BCUT2D eigenvalue weighted by molar-refractivity contribution is 5.75. The molecule has 202 valence electrons. The molecule has 0 spiro atoms. The van der Waals surface area contributed by atoms with Gasteiger partial charge in [-0.15, -0.1) is 0 Å². The van der Waals surface area contributed by atoms with Crippen molar-refractivity contribution in [3.8, 4) is 0 Å². The van der Waals surface area contributed by atoms with Crippen LogP contribution in [0.5, 0.6) is 0 Å². The topological polar surface area (TPSA) is 122 Å². The Morgan fingerprint density at radius 2 is 1.72 bits per heavy atom. The first-order valence-corrected chi connectivity index (χ1v) is 13.2. The van der Waals surface area contributed by atoms with E-state index < -0.39 is 29.6 Å². The maximum atomic E-state index is 14.7. The summed E-state index contributed by atoms with van der Waals surface area (Å²) in [6.07, 6.45) is 5.45. The summed E-state index contributed by atoms with van der Waals surface area (Å²) in [5, 5.41) is 3.11. The largest absolute Gasteiger partial charge is 0.330 e. The summed E-state index contributed by atoms with van der Waals surface area (Å²) in [6.45, 7) is 0.961. The number of hydrogen-bond donors (Lipinski definition) is 3. The molecule has 1 aliphatic carbocycles. The third kappa shape index (κ3) is 4.56. The summed E-state index contributed by atoms with van der Waals surface area (Å²) in [5.41, 5.74) is 9.30. The fourth-order valence-electron chi connectivity index (χ4n) is 6.07. The van der Waals surface area contributed by atoms with Gasteiger partial charge in [-0.2, -0.15) is 0 Å². The van der Waals surface area contributed by atoms with Crippen LogP contribution >= 0.6 is 0 Å². The highest BCUT2D eigenvalue weighted by atomic mass is 19.2. The molecular formula is C28H29F2N7O2. The average molecular weight is 534 g/mol. The molecule has 1 fully saturated rings. The van der Waals surface area contributed by atoms with Crippen LogP contribution in [-0.2, 0) is 0 Å². The van der Waals surface area contributed by atoms with Gasteiger partial charge in [0, 0.05) is 43.5 Å². The molecule has 4 N–H and O–H groups in total. The number of aromatic nitrogens is 4. The van der Waals surface area contributed by atoms with Crippen molar-refractivity contribution in [2.75, 3.05) is 13.1 Å². The zero-order chi connectivity index (χ0) is 27.1. The highest BCUT2D eigenvalue weighted by Gasteiger charge is 2.35. The summed E-state index contributed by atoms with van der Waals surface area (Å²) in [6, 6.07) is 10.1. The smallest absolute Gasteiger partial charge is 0.327 e. The molecule has 6 rings (SSSR count). The Bertz CT molecular complexity index is 1580. The van der Waals surface area contributed by atoms with Gasteiger partial charge in [-0.25, -0.2) is 23.4 Å². The van der Waals surface area contributed by atoms with E-state index in [1.807, 2.05) is 12.1 Å². The third-order valence-corrected chi connectivity index (χ3v) is 8.05. The van der Waals surface area contributed by atoms with Crippen LogP contribution < -0.4 is 16.7 Å². The third-order valence-electron chi connectivity index (χ3n) is 8.05. The van der Waals surface area contributed by atoms with Crippen LogP contribution in [0.25, 0.3) is 11.2 Å². The van der Waals surface area contributed by atoms with E-state index in [1.54, 1.807) is 40.1 Å². The zero-order valence-electron chi connectivity index (χ0n) is 21.2. The molecule has 0 unspecified atom stereocenters. The molecular weight excluding hydrogens is 504 g/mol. The number of nitrogens with one attached hydrogen (secondary N) is 2. The Labute approximate surface area is 223 Å². The first-order valence-electron chi connectivity index (χ1n) is 13.2. The van der Waals surface area contributed by atoms with Crippen molar-refractivity contribution < 1.29 is 13.6 Å². The van der Waals surface area contributed by atoms with Crippen LogP contribution in [0.15, 0.2) is 59.7 Å². The molecule has 2 aliphatic rings. The number of amides is 2. The molecule has 1 aliphatic heterocycles. The minimum absolute atomic E-state index is 0.0419. The van der Waals surface area contributed by atoms with E-state index in [9.17, 15) is 18.4 Å². The molecule has 3 atom stereocenters. The number of hydrogen-bond acceptors (Lipinski definition) is 5. The maximum Gasteiger partial charge on any atom is 0.327 e. The second-order valence-corrected chi connectivity index (χ2v) is 10.2. The van der Waals surface area contributed by atoms with E-state index in [4.69, 9.17) is 5.73 Å². The van der Waals surface area contributed by atoms with Crippen LogP contribution in [-0.4, -0.2) is 43.5 Å². The molecule has 3 aromatic heterocycles. The number of carbonyl (C=O) groups is 1. The number of piperidine rings is 1. The first-order chi connectivity index (χ1) is 18.9. The van der Waals surface area contributed by atoms with Gasteiger partial charge in [0.1, 0.15) is 0 Å². The summed E-state index contributed by atoms with van der Waals surface area (Å²) in [4.78, 5) is 39.2. The number of nitrogens with two attached hydrogens (primary N) is 1. The van der Waals surface area contributed by atoms with Gasteiger partial charge in [-0.1, -0.05) is 18.2 Å². The lowest BCUT2D eigenvalue weighted by Gasteiger charge is -2.33. The lowest BCUT2D eigenvalue weighted by Crippen LogP contribution is -2.46. The fourth-order valence-corrected chi connectivity index (χ4v) is 6.07. The standard InChI is InChI=1S/C28H29F2N7O2/c29-20-6-1-4-17(23(20)30)18-8-9-21(25-19(24(18)31)5-2-12-32-25)34-27(38)36-14-10-16(11-15-36)37-22-7-3-13-33-26(22)35-28(37)39/h1-7,12-13,16,18,21,24H,8-11,14-15,31H2,(H,34,38)(H,33,35,39)/t18-,21+,24-/m0/s1. The number of nitrogens with zero attached hydrogens (tertiary/aromatic N) is 4. The van der Waals surface area contributed by atoms with Gasteiger partial charge in [0.15, 0.2) is 17.3 Å². The Morgan fingerprint density at radius 3 is 2.54 bits per heavy atom. The van der Waals surface area contributed by atoms with Gasteiger partial charge in [0.05, 0.1) is 17.3 Å². The molecule has 39 heavy (non-hydrogen) atoms. The molecule has 0 bridgehead atoms. The minimum Gasteiger partial charge on any atom is -0.330 e. The van der Waals surface area contributed by atoms with Crippen LogP contribution in [0.2, 0.25) is 0 Å². The lowest BCUT2D eigenvalue weighted by atomic mass is 9.86. The van der Waals surface area contributed by atoms with E-state index in [-0.39, 0.29) is 23.3 Å². The monoisotopic (exact) mass is 533 g/mol. The van der Waals surface area contributed by atoms with Crippen molar-refractivity contribution in [1.82, 2.24) is 29.7 Å². The maximum absolute atomic E-state index is 14.7. The molecule has 4 aromatic rings. The minimum atomic E-state index is -0.908. The van der Waals surface area contributed by atoms with E-state index >= 15 is 0 Å². The predicted octanol–water partition coefficient (Wildman–Crippen LogP) is 4.06. The van der Waals surface area contributed by atoms with E-state index in [0.717, 1.165) is 11.6 Å². The number of H-pyrrole nitrogens is 1. The van der Waals surface area contributed by atoms with Crippen molar-refractivity contribution in [1.29, 1.82) is 0 Å². The zero-order valence-corrected chi connectivity index (χ0v) is 21.2. The number of rotatable bonds is 3. The second-order valence-electron chi connectivity index (χ2n) is 10.2. The van der Waals surface area contributed by atoms with Crippen molar-refractivity contribution in [2.45, 2.75) is 49.7 Å². The van der Waals surface area contributed by atoms with Crippen LogP contribution in [0, 0.1) is 11.6 Å². The van der Waals surface area contributed by atoms with Crippen molar-refractivity contribution in [3.05, 3.63) is 93.8 Å². The number of likely N-dealkylation sites (tertiary alicyclic amines) is 1. The van der Waals surface area contributed by atoms with Crippen LogP contribution in [0.1, 0.15) is 66.5 Å². The van der Waals surface area contributed by atoms with Crippen molar-refractivity contribution >= 4 is 17.2 Å².